The number of carbonyl (C=O) groups excluding carboxylic acids is 1. The highest BCUT2D eigenvalue weighted by Gasteiger charge is 2.31. The van der Waals surface area contributed by atoms with Crippen LogP contribution >= 0.6 is 0 Å². The maximum absolute atomic E-state index is 12.0. The Balaban J connectivity index is 1.94. The van der Waals surface area contributed by atoms with Crippen molar-refractivity contribution in [2.45, 2.75) is 19.6 Å². The van der Waals surface area contributed by atoms with Crippen LogP contribution in [0.3, 0.4) is 0 Å². The number of carbonyl (C=O) groups is 1. The number of primary sulfonamides is 1. The zero-order valence-electron chi connectivity index (χ0n) is 11.6. The number of ether oxygens (including phenoxy) is 1. The maximum atomic E-state index is 12.0. The molecule has 1 aromatic rings. The van der Waals surface area contributed by atoms with Crippen LogP contribution in [0.2, 0.25) is 0 Å². The molecule has 2 N–H and O–H groups in total. The predicted octanol–water partition coefficient (Wildman–Crippen LogP) is 0.925. The largest absolute Gasteiger partial charge is 0.435 e. The third-order valence-corrected chi connectivity index (χ3v) is 4.22. The fraction of sp³-hybridized carbons (Fsp3) is 0.462. The van der Waals surface area contributed by atoms with Gasteiger partial charge in [0, 0.05) is 25.4 Å². The van der Waals surface area contributed by atoms with Crippen molar-refractivity contribution in [3.8, 4) is 5.75 Å². The minimum atomic E-state index is -3.61. The van der Waals surface area contributed by atoms with Crippen LogP contribution < -0.4 is 9.88 Å². The highest BCUT2D eigenvalue weighted by atomic mass is 32.2. The monoisotopic (exact) mass is 334 g/mol. The molecule has 0 radical (unpaired) electrons. The number of halogens is 2. The quantitative estimate of drug-likeness (QED) is 0.838. The highest BCUT2D eigenvalue weighted by Crippen LogP contribution is 2.22. The molecule has 1 aliphatic rings. The molecular weight excluding hydrogens is 318 g/mol. The smallest absolute Gasteiger partial charge is 0.387 e. The first-order valence-electron chi connectivity index (χ1n) is 6.55. The van der Waals surface area contributed by atoms with E-state index in [2.05, 4.69) is 4.74 Å². The van der Waals surface area contributed by atoms with Gasteiger partial charge in [0.1, 0.15) is 5.75 Å². The van der Waals surface area contributed by atoms with Gasteiger partial charge >= 0.3 is 6.61 Å². The van der Waals surface area contributed by atoms with E-state index >= 15 is 0 Å². The Hall–Kier alpha value is -1.74. The molecule has 122 valence electrons. The molecule has 0 spiro atoms. The van der Waals surface area contributed by atoms with Crippen molar-refractivity contribution in [2.24, 2.45) is 11.1 Å². The lowest BCUT2D eigenvalue weighted by Gasteiger charge is -2.17. The van der Waals surface area contributed by atoms with E-state index in [-0.39, 0.29) is 36.3 Å². The Kier molecular flexibility index (Phi) is 4.97. The van der Waals surface area contributed by atoms with Crippen molar-refractivity contribution in [2.75, 3.05) is 12.3 Å². The van der Waals surface area contributed by atoms with Gasteiger partial charge in [-0.15, -0.1) is 0 Å². The third kappa shape index (κ3) is 4.92. The number of rotatable bonds is 6. The molecule has 1 unspecified atom stereocenters. The first-order valence-corrected chi connectivity index (χ1v) is 8.26. The Labute approximate surface area is 126 Å². The van der Waals surface area contributed by atoms with E-state index in [1.807, 2.05) is 0 Å². The minimum Gasteiger partial charge on any atom is -0.435 e. The standard InChI is InChI=1S/C13H16F2N2O4S/c14-13(15)21-11-3-1-9(2-4-11)6-17-7-10(5-12(17)18)8-22(16,19)20/h1-4,10,13H,5-8H2,(H2,16,19,20). The number of nitrogens with zero attached hydrogens (tertiary/aromatic N) is 1. The van der Waals surface area contributed by atoms with E-state index in [9.17, 15) is 22.0 Å². The molecule has 1 fully saturated rings. The number of hydrogen-bond acceptors (Lipinski definition) is 4. The van der Waals surface area contributed by atoms with Crippen LogP contribution in [0, 0.1) is 5.92 Å². The molecule has 0 aromatic heterocycles. The predicted molar refractivity (Wildman–Crippen MR) is 74.6 cm³/mol. The van der Waals surface area contributed by atoms with Gasteiger partial charge in [0.05, 0.1) is 5.75 Å². The molecule has 22 heavy (non-hydrogen) atoms. The topological polar surface area (TPSA) is 89.7 Å². The van der Waals surface area contributed by atoms with Gasteiger partial charge < -0.3 is 9.64 Å². The third-order valence-electron chi connectivity index (χ3n) is 3.28. The van der Waals surface area contributed by atoms with E-state index in [1.165, 1.54) is 17.0 Å². The molecule has 1 aliphatic heterocycles. The lowest BCUT2D eigenvalue weighted by molar-refractivity contribution is -0.128. The summed E-state index contributed by atoms with van der Waals surface area (Å²) in [6, 6.07) is 5.95. The van der Waals surface area contributed by atoms with Crippen molar-refractivity contribution in [1.82, 2.24) is 4.90 Å². The molecule has 0 aliphatic carbocycles. The SMILES string of the molecule is NS(=O)(=O)CC1CC(=O)N(Cc2ccc(OC(F)F)cc2)C1. The Bertz CT molecular complexity index is 634. The zero-order chi connectivity index (χ0) is 16.3. The number of amides is 1. The van der Waals surface area contributed by atoms with E-state index in [0.29, 0.717) is 6.54 Å². The molecule has 1 atom stereocenters. The van der Waals surface area contributed by atoms with Gasteiger partial charge in [-0.2, -0.15) is 8.78 Å². The molecular formula is C13H16F2N2O4S. The zero-order valence-corrected chi connectivity index (χ0v) is 12.4. The summed E-state index contributed by atoms with van der Waals surface area (Å²) in [5.74, 6) is -0.653. The van der Waals surface area contributed by atoms with Crippen LogP contribution in [0.1, 0.15) is 12.0 Å². The summed E-state index contributed by atoms with van der Waals surface area (Å²) in [5.41, 5.74) is 0.742. The summed E-state index contributed by atoms with van der Waals surface area (Å²) in [7, 11) is -3.61. The highest BCUT2D eigenvalue weighted by molar-refractivity contribution is 7.89. The van der Waals surface area contributed by atoms with Crippen LogP contribution in [0.15, 0.2) is 24.3 Å². The van der Waals surface area contributed by atoms with Crippen molar-refractivity contribution in [3.63, 3.8) is 0 Å². The van der Waals surface area contributed by atoms with Gasteiger partial charge in [-0.1, -0.05) is 12.1 Å². The summed E-state index contributed by atoms with van der Waals surface area (Å²) in [5, 5.41) is 4.98. The number of alkyl halides is 2. The number of sulfonamides is 1. The van der Waals surface area contributed by atoms with E-state index in [1.54, 1.807) is 12.1 Å². The molecule has 9 heteroatoms. The van der Waals surface area contributed by atoms with Crippen molar-refractivity contribution in [1.29, 1.82) is 0 Å². The van der Waals surface area contributed by atoms with Crippen molar-refractivity contribution >= 4 is 15.9 Å². The van der Waals surface area contributed by atoms with Gasteiger partial charge in [-0.05, 0) is 17.7 Å². The fourth-order valence-electron chi connectivity index (χ4n) is 2.44. The molecule has 0 bridgehead atoms. The van der Waals surface area contributed by atoms with Crippen LogP contribution in [0.4, 0.5) is 8.78 Å². The van der Waals surface area contributed by atoms with E-state index < -0.39 is 16.6 Å². The van der Waals surface area contributed by atoms with Crippen LogP contribution in [-0.2, 0) is 21.4 Å². The van der Waals surface area contributed by atoms with Crippen LogP contribution in [0.5, 0.6) is 5.75 Å². The second kappa shape index (κ2) is 6.57. The van der Waals surface area contributed by atoms with E-state index in [4.69, 9.17) is 5.14 Å². The normalized spacial score (nSPS) is 19.0. The van der Waals surface area contributed by atoms with Crippen LogP contribution in [-0.4, -0.2) is 38.1 Å². The fourth-order valence-corrected chi connectivity index (χ4v) is 3.32. The molecule has 1 amide bonds. The minimum absolute atomic E-state index is 0.0404. The van der Waals surface area contributed by atoms with Crippen molar-refractivity contribution in [3.05, 3.63) is 29.8 Å². The van der Waals surface area contributed by atoms with Gasteiger partial charge in [0.2, 0.25) is 15.9 Å². The second-order valence-electron chi connectivity index (χ2n) is 5.20. The summed E-state index contributed by atoms with van der Waals surface area (Å²) < 4.78 is 50.4. The average Bonchev–Trinajstić information content (AvgIpc) is 2.69. The Morgan fingerprint density at radius 1 is 1.32 bits per heavy atom. The van der Waals surface area contributed by atoms with Gasteiger partial charge in [-0.25, -0.2) is 13.6 Å². The Morgan fingerprint density at radius 2 is 1.95 bits per heavy atom. The number of nitrogens with two attached hydrogens (primary N) is 1. The summed E-state index contributed by atoms with van der Waals surface area (Å²) in [4.78, 5) is 13.4. The summed E-state index contributed by atoms with van der Waals surface area (Å²) >= 11 is 0. The molecule has 0 saturated carbocycles. The molecule has 1 heterocycles. The van der Waals surface area contributed by atoms with Crippen molar-refractivity contribution < 1.29 is 26.7 Å². The average molecular weight is 334 g/mol. The first-order chi connectivity index (χ1) is 10.2. The van der Waals surface area contributed by atoms with Gasteiger partial charge in [-0.3, -0.25) is 4.79 Å². The molecule has 1 saturated heterocycles. The number of hydrogen-bond donors (Lipinski definition) is 1. The Morgan fingerprint density at radius 3 is 2.50 bits per heavy atom. The maximum Gasteiger partial charge on any atom is 0.387 e. The van der Waals surface area contributed by atoms with Gasteiger partial charge in [0.15, 0.2) is 0 Å². The summed E-state index contributed by atoms with van der Waals surface area (Å²) in [6.07, 6.45) is 0.142. The lowest BCUT2D eigenvalue weighted by atomic mass is 10.1. The second-order valence-corrected chi connectivity index (χ2v) is 6.86. The molecule has 1 aromatic carbocycles. The lowest BCUT2D eigenvalue weighted by Crippen LogP contribution is -2.27. The number of likely N-dealkylation sites (tertiary alicyclic amines) is 1. The van der Waals surface area contributed by atoms with Crippen LogP contribution in [0.25, 0.3) is 0 Å². The van der Waals surface area contributed by atoms with Gasteiger partial charge in [0.25, 0.3) is 0 Å². The first kappa shape index (κ1) is 16.6. The molecule has 6 nitrogen and oxygen atoms in total. The molecule has 2 rings (SSSR count). The number of benzene rings is 1. The van der Waals surface area contributed by atoms with E-state index in [0.717, 1.165) is 5.56 Å². The summed E-state index contributed by atoms with van der Waals surface area (Å²) in [6.45, 7) is -2.29.